The van der Waals surface area contributed by atoms with E-state index in [1.807, 2.05) is 0 Å². The standard InChI is InChI=1S/C14H17F3N2O2/c1-9(18-13(20)19-11-4-5-11)10-2-6-12(7-3-10)21-8-14(15,16)17/h2-3,6-7,9,11H,4-5,8H2,1H3,(H2,18,19,20). The summed E-state index contributed by atoms with van der Waals surface area (Å²) in [5.74, 6) is 0.144. The third kappa shape index (κ3) is 5.53. The summed E-state index contributed by atoms with van der Waals surface area (Å²) in [6, 6.07) is 5.98. The number of nitrogens with one attached hydrogen (secondary N) is 2. The van der Waals surface area contributed by atoms with Crippen molar-refractivity contribution in [2.75, 3.05) is 6.61 Å². The van der Waals surface area contributed by atoms with Crippen LogP contribution in [0.3, 0.4) is 0 Å². The summed E-state index contributed by atoms with van der Waals surface area (Å²) in [5.41, 5.74) is 0.792. The van der Waals surface area contributed by atoms with Gasteiger partial charge in [-0.1, -0.05) is 12.1 Å². The Labute approximate surface area is 120 Å². The molecule has 0 heterocycles. The van der Waals surface area contributed by atoms with E-state index in [0.29, 0.717) is 0 Å². The van der Waals surface area contributed by atoms with Gasteiger partial charge in [-0.05, 0) is 37.5 Å². The van der Waals surface area contributed by atoms with Gasteiger partial charge in [0.2, 0.25) is 0 Å². The smallest absolute Gasteiger partial charge is 0.422 e. The van der Waals surface area contributed by atoms with Gasteiger partial charge in [0.25, 0.3) is 0 Å². The Morgan fingerprint density at radius 3 is 2.48 bits per heavy atom. The number of hydrogen-bond acceptors (Lipinski definition) is 2. The van der Waals surface area contributed by atoms with E-state index < -0.39 is 12.8 Å². The Balaban J connectivity index is 1.83. The fraction of sp³-hybridized carbons (Fsp3) is 0.500. The normalized spacial score (nSPS) is 16.2. The summed E-state index contributed by atoms with van der Waals surface area (Å²) < 4.78 is 40.7. The van der Waals surface area contributed by atoms with Gasteiger partial charge in [0.1, 0.15) is 5.75 Å². The molecule has 0 spiro atoms. The van der Waals surface area contributed by atoms with Crippen LogP contribution in [0.1, 0.15) is 31.4 Å². The van der Waals surface area contributed by atoms with Gasteiger partial charge in [-0.15, -0.1) is 0 Å². The van der Waals surface area contributed by atoms with E-state index in [0.717, 1.165) is 18.4 Å². The number of rotatable bonds is 5. The van der Waals surface area contributed by atoms with Crippen LogP contribution in [0.25, 0.3) is 0 Å². The summed E-state index contributed by atoms with van der Waals surface area (Å²) in [6.45, 7) is 0.488. The summed E-state index contributed by atoms with van der Waals surface area (Å²) in [7, 11) is 0. The maximum atomic E-state index is 12.0. The second-order valence-corrected chi connectivity index (χ2v) is 5.09. The SMILES string of the molecule is CC(NC(=O)NC1CC1)c1ccc(OCC(F)(F)F)cc1. The van der Waals surface area contributed by atoms with Crippen molar-refractivity contribution in [1.82, 2.24) is 10.6 Å². The quantitative estimate of drug-likeness (QED) is 0.878. The largest absolute Gasteiger partial charge is 0.484 e. The lowest BCUT2D eigenvalue weighted by Gasteiger charge is -2.15. The van der Waals surface area contributed by atoms with E-state index in [1.165, 1.54) is 12.1 Å². The van der Waals surface area contributed by atoms with Gasteiger partial charge < -0.3 is 15.4 Å². The topological polar surface area (TPSA) is 50.4 Å². The van der Waals surface area contributed by atoms with Crippen LogP contribution in [0.2, 0.25) is 0 Å². The fourth-order valence-corrected chi connectivity index (χ4v) is 1.75. The lowest BCUT2D eigenvalue weighted by molar-refractivity contribution is -0.153. The average Bonchev–Trinajstić information content (AvgIpc) is 3.19. The number of amides is 2. The molecule has 1 fully saturated rings. The molecule has 1 aliphatic carbocycles. The van der Waals surface area contributed by atoms with Crippen molar-refractivity contribution in [2.45, 2.75) is 38.0 Å². The number of benzene rings is 1. The van der Waals surface area contributed by atoms with Crippen LogP contribution >= 0.6 is 0 Å². The zero-order valence-electron chi connectivity index (χ0n) is 11.5. The summed E-state index contributed by atoms with van der Waals surface area (Å²) in [5, 5.41) is 5.58. The van der Waals surface area contributed by atoms with E-state index in [4.69, 9.17) is 0 Å². The van der Waals surface area contributed by atoms with E-state index in [9.17, 15) is 18.0 Å². The molecule has 0 bridgehead atoms. The van der Waals surface area contributed by atoms with Crippen LogP contribution in [-0.2, 0) is 0 Å². The van der Waals surface area contributed by atoms with Gasteiger partial charge in [-0.2, -0.15) is 13.2 Å². The van der Waals surface area contributed by atoms with Gasteiger partial charge in [-0.3, -0.25) is 0 Å². The number of urea groups is 1. The number of hydrogen-bond donors (Lipinski definition) is 2. The van der Waals surface area contributed by atoms with Crippen LogP contribution in [0.5, 0.6) is 5.75 Å². The maximum Gasteiger partial charge on any atom is 0.422 e. The van der Waals surface area contributed by atoms with Gasteiger partial charge in [-0.25, -0.2) is 4.79 Å². The zero-order chi connectivity index (χ0) is 15.5. The summed E-state index contributed by atoms with van der Waals surface area (Å²) in [6.07, 6.45) is -2.34. The number of carbonyl (C=O) groups is 1. The van der Waals surface area contributed by atoms with Gasteiger partial charge >= 0.3 is 12.2 Å². The third-order valence-corrected chi connectivity index (χ3v) is 3.04. The molecule has 1 saturated carbocycles. The first-order valence-electron chi connectivity index (χ1n) is 6.70. The van der Waals surface area contributed by atoms with Crippen LogP contribution < -0.4 is 15.4 Å². The Hall–Kier alpha value is -1.92. The first-order chi connectivity index (χ1) is 9.83. The summed E-state index contributed by atoms with van der Waals surface area (Å²) >= 11 is 0. The molecular formula is C14H17F3N2O2. The molecule has 4 nitrogen and oxygen atoms in total. The molecule has 0 aliphatic heterocycles. The van der Waals surface area contributed by atoms with Crippen molar-refractivity contribution in [3.63, 3.8) is 0 Å². The predicted molar refractivity (Wildman–Crippen MR) is 71.1 cm³/mol. The Morgan fingerprint density at radius 2 is 1.95 bits per heavy atom. The fourth-order valence-electron chi connectivity index (χ4n) is 1.75. The molecule has 1 aliphatic rings. The molecular weight excluding hydrogens is 285 g/mol. The van der Waals surface area contributed by atoms with Crippen molar-refractivity contribution in [2.24, 2.45) is 0 Å². The second kappa shape index (κ2) is 6.24. The van der Waals surface area contributed by atoms with E-state index in [-0.39, 0.29) is 23.9 Å². The highest BCUT2D eigenvalue weighted by molar-refractivity contribution is 5.75. The molecule has 21 heavy (non-hydrogen) atoms. The second-order valence-electron chi connectivity index (χ2n) is 5.09. The average molecular weight is 302 g/mol. The number of carbonyl (C=O) groups excluding carboxylic acids is 1. The van der Waals surface area contributed by atoms with Crippen LogP contribution in [-0.4, -0.2) is 24.9 Å². The minimum Gasteiger partial charge on any atom is -0.484 e. The van der Waals surface area contributed by atoms with E-state index in [1.54, 1.807) is 19.1 Å². The molecule has 2 amide bonds. The molecule has 116 valence electrons. The van der Waals surface area contributed by atoms with Crippen molar-refractivity contribution < 1.29 is 22.7 Å². The molecule has 0 saturated heterocycles. The molecule has 0 aromatic heterocycles. The summed E-state index contributed by atoms with van der Waals surface area (Å²) in [4.78, 5) is 11.6. The minimum atomic E-state index is -4.35. The van der Waals surface area contributed by atoms with E-state index in [2.05, 4.69) is 15.4 Å². The molecule has 1 aromatic carbocycles. The molecule has 1 unspecified atom stereocenters. The molecule has 7 heteroatoms. The van der Waals surface area contributed by atoms with Gasteiger partial charge in [0, 0.05) is 6.04 Å². The molecule has 1 atom stereocenters. The Bertz CT molecular complexity index is 484. The minimum absolute atomic E-state index is 0.144. The number of alkyl halides is 3. The van der Waals surface area contributed by atoms with Gasteiger partial charge in [0.15, 0.2) is 6.61 Å². The highest BCUT2D eigenvalue weighted by Crippen LogP contribution is 2.21. The van der Waals surface area contributed by atoms with Crippen LogP contribution in [0.15, 0.2) is 24.3 Å². The molecule has 1 aromatic rings. The molecule has 2 N–H and O–H groups in total. The lowest BCUT2D eigenvalue weighted by atomic mass is 10.1. The number of halogens is 3. The predicted octanol–water partition coefficient (Wildman–Crippen LogP) is 3.15. The highest BCUT2D eigenvalue weighted by Gasteiger charge is 2.28. The molecule has 0 radical (unpaired) electrons. The van der Waals surface area contributed by atoms with Crippen molar-refractivity contribution in [3.05, 3.63) is 29.8 Å². The van der Waals surface area contributed by atoms with E-state index >= 15 is 0 Å². The molecule has 2 rings (SSSR count). The van der Waals surface area contributed by atoms with Crippen LogP contribution in [0, 0.1) is 0 Å². The lowest BCUT2D eigenvalue weighted by Crippen LogP contribution is -2.38. The Morgan fingerprint density at radius 1 is 1.33 bits per heavy atom. The van der Waals surface area contributed by atoms with Crippen molar-refractivity contribution >= 4 is 6.03 Å². The highest BCUT2D eigenvalue weighted by atomic mass is 19.4. The van der Waals surface area contributed by atoms with Crippen LogP contribution in [0.4, 0.5) is 18.0 Å². The number of ether oxygens (including phenoxy) is 1. The zero-order valence-corrected chi connectivity index (χ0v) is 11.5. The first kappa shape index (κ1) is 15.5. The first-order valence-corrected chi connectivity index (χ1v) is 6.70. The van der Waals surface area contributed by atoms with Gasteiger partial charge in [0.05, 0.1) is 6.04 Å². The Kier molecular flexibility index (Phi) is 4.59. The third-order valence-electron chi connectivity index (χ3n) is 3.04. The van der Waals surface area contributed by atoms with Crippen molar-refractivity contribution in [3.8, 4) is 5.75 Å². The maximum absolute atomic E-state index is 12.0. The van der Waals surface area contributed by atoms with Crippen molar-refractivity contribution in [1.29, 1.82) is 0 Å². The monoisotopic (exact) mass is 302 g/mol.